The number of carbonyl (C=O) groups excluding carboxylic acids is 2. The Hall–Kier alpha value is -3.85. The van der Waals surface area contributed by atoms with Gasteiger partial charge in [-0.1, -0.05) is 96.9 Å². The van der Waals surface area contributed by atoms with Crippen LogP contribution >= 0.6 is 23.2 Å². The summed E-state index contributed by atoms with van der Waals surface area (Å²) in [5, 5.41) is 3.79. The predicted octanol–water partition coefficient (Wildman–Crippen LogP) is 7.36. The molecule has 0 saturated carbocycles. The number of carbonyl (C=O) groups is 2. The Morgan fingerprint density at radius 2 is 1.52 bits per heavy atom. The Bertz CT molecular complexity index is 1770. The number of amides is 2. The largest absolute Gasteiger partial charge is 0.352 e. The minimum atomic E-state index is -4.19. The summed E-state index contributed by atoms with van der Waals surface area (Å²) >= 11 is 12.8. The molecule has 0 heterocycles. The second kappa shape index (κ2) is 15.6. The van der Waals surface area contributed by atoms with Gasteiger partial charge in [0.1, 0.15) is 12.6 Å². The van der Waals surface area contributed by atoms with E-state index in [2.05, 4.69) is 5.32 Å². The molecule has 0 bridgehead atoms. The first-order chi connectivity index (χ1) is 21.9. The first kappa shape index (κ1) is 35.0. The van der Waals surface area contributed by atoms with Crippen LogP contribution < -0.4 is 9.62 Å². The average molecular weight is 681 g/mol. The fraction of sp³-hybridized carbons (Fsp3) is 0.278. The lowest BCUT2D eigenvalue weighted by molar-refractivity contribution is -0.140. The molecule has 0 unspecified atom stereocenters. The maximum atomic E-state index is 14.6. The number of rotatable bonds is 13. The van der Waals surface area contributed by atoms with Gasteiger partial charge in [0.15, 0.2) is 0 Å². The SMILES string of the molecule is CC[C@@H](C)NC(=O)[C@@H](Cc1ccccc1)N(Cc1ccc(Cl)cc1Cl)C(=O)CN(c1cccc(C)c1C)S(=O)(=O)c1ccccc1. The number of aryl methyl sites for hydroxylation is 1. The molecule has 0 saturated heterocycles. The van der Waals surface area contributed by atoms with E-state index >= 15 is 0 Å². The van der Waals surface area contributed by atoms with Crippen molar-refractivity contribution in [1.29, 1.82) is 0 Å². The zero-order valence-corrected chi connectivity index (χ0v) is 28.7. The molecule has 4 aromatic carbocycles. The Kier molecular flexibility index (Phi) is 11.9. The van der Waals surface area contributed by atoms with Crippen LogP contribution in [0.25, 0.3) is 0 Å². The van der Waals surface area contributed by atoms with Gasteiger partial charge in [0, 0.05) is 29.1 Å². The van der Waals surface area contributed by atoms with Crippen LogP contribution in [0.15, 0.2) is 102 Å². The van der Waals surface area contributed by atoms with E-state index in [1.54, 1.807) is 48.5 Å². The number of nitrogens with zero attached hydrogens (tertiary/aromatic N) is 2. The molecule has 7 nitrogen and oxygen atoms in total. The minimum absolute atomic E-state index is 0.0475. The summed E-state index contributed by atoms with van der Waals surface area (Å²) in [5.74, 6) is -0.910. The molecule has 4 aromatic rings. The van der Waals surface area contributed by atoms with Crippen molar-refractivity contribution in [3.05, 3.63) is 129 Å². The van der Waals surface area contributed by atoms with Gasteiger partial charge in [0.05, 0.1) is 10.6 Å². The van der Waals surface area contributed by atoms with Crippen molar-refractivity contribution in [2.45, 2.75) is 64.1 Å². The quantitative estimate of drug-likeness (QED) is 0.160. The Morgan fingerprint density at radius 1 is 0.870 bits per heavy atom. The number of sulfonamides is 1. The van der Waals surface area contributed by atoms with E-state index in [1.165, 1.54) is 17.0 Å². The number of benzene rings is 4. The van der Waals surface area contributed by atoms with Crippen LogP contribution in [-0.4, -0.2) is 43.8 Å². The minimum Gasteiger partial charge on any atom is -0.352 e. The fourth-order valence-electron chi connectivity index (χ4n) is 5.07. The monoisotopic (exact) mass is 679 g/mol. The van der Waals surface area contributed by atoms with Crippen LogP contribution in [0.4, 0.5) is 5.69 Å². The van der Waals surface area contributed by atoms with Gasteiger partial charge in [-0.2, -0.15) is 0 Å². The molecule has 0 aliphatic carbocycles. The number of halogens is 2. The summed E-state index contributed by atoms with van der Waals surface area (Å²) in [6.07, 6.45) is 0.894. The van der Waals surface area contributed by atoms with Gasteiger partial charge in [-0.05, 0) is 79.8 Å². The van der Waals surface area contributed by atoms with Crippen molar-refractivity contribution >= 4 is 50.7 Å². The summed E-state index contributed by atoms with van der Waals surface area (Å²) < 4.78 is 29.6. The molecule has 0 aliphatic heterocycles. The highest BCUT2D eigenvalue weighted by atomic mass is 35.5. The maximum Gasteiger partial charge on any atom is 0.264 e. The van der Waals surface area contributed by atoms with Crippen LogP contribution in [0.5, 0.6) is 0 Å². The zero-order valence-electron chi connectivity index (χ0n) is 26.4. The van der Waals surface area contributed by atoms with Crippen LogP contribution in [0.1, 0.15) is 42.5 Å². The van der Waals surface area contributed by atoms with Crippen molar-refractivity contribution in [3.8, 4) is 0 Å². The number of hydrogen-bond acceptors (Lipinski definition) is 4. The summed E-state index contributed by atoms with van der Waals surface area (Å²) in [6.45, 7) is 6.98. The molecular formula is C36H39Cl2N3O4S. The molecule has 10 heteroatoms. The van der Waals surface area contributed by atoms with Gasteiger partial charge >= 0.3 is 0 Å². The van der Waals surface area contributed by atoms with Crippen molar-refractivity contribution in [1.82, 2.24) is 10.2 Å². The predicted molar refractivity (Wildman–Crippen MR) is 186 cm³/mol. The van der Waals surface area contributed by atoms with Crippen molar-refractivity contribution in [2.24, 2.45) is 0 Å². The van der Waals surface area contributed by atoms with Crippen LogP contribution in [0.3, 0.4) is 0 Å². The molecule has 0 aromatic heterocycles. The van der Waals surface area contributed by atoms with Crippen molar-refractivity contribution in [2.75, 3.05) is 10.8 Å². The second-order valence-corrected chi connectivity index (χ2v) is 14.0. The van der Waals surface area contributed by atoms with Gasteiger partial charge in [-0.3, -0.25) is 13.9 Å². The third-order valence-corrected chi connectivity index (χ3v) is 10.4. The Balaban J connectivity index is 1.85. The van der Waals surface area contributed by atoms with Crippen LogP contribution in [0.2, 0.25) is 10.0 Å². The van der Waals surface area contributed by atoms with Crippen LogP contribution in [0, 0.1) is 13.8 Å². The number of nitrogens with one attached hydrogen (secondary N) is 1. The van der Waals surface area contributed by atoms with E-state index in [9.17, 15) is 18.0 Å². The summed E-state index contributed by atoms with van der Waals surface area (Å²) in [4.78, 5) is 30.1. The molecule has 46 heavy (non-hydrogen) atoms. The highest BCUT2D eigenvalue weighted by Crippen LogP contribution is 2.30. The topological polar surface area (TPSA) is 86.8 Å². The number of hydrogen-bond donors (Lipinski definition) is 1. The molecule has 0 aliphatic rings. The molecule has 1 N–H and O–H groups in total. The van der Waals surface area contributed by atoms with Gasteiger partial charge in [0.2, 0.25) is 11.8 Å². The lowest BCUT2D eigenvalue weighted by Gasteiger charge is -2.35. The van der Waals surface area contributed by atoms with Crippen molar-refractivity contribution < 1.29 is 18.0 Å². The Labute approximate surface area is 282 Å². The third-order valence-electron chi connectivity index (χ3n) is 8.08. The first-order valence-electron chi connectivity index (χ1n) is 15.1. The molecule has 0 radical (unpaired) electrons. The maximum absolute atomic E-state index is 14.6. The molecule has 4 rings (SSSR count). The lowest BCUT2D eigenvalue weighted by atomic mass is 10.0. The van der Waals surface area contributed by atoms with E-state index in [0.717, 1.165) is 21.0 Å². The fourth-order valence-corrected chi connectivity index (χ4v) is 7.03. The van der Waals surface area contributed by atoms with E-state index < -0.39 is 28.5 Å². The molecule has 0 spiro atoms. The zero-order chi connectivity index (χ0) is 33.4. The molecule has 242 valence electrons. The normalized spacial score (nSPS) is 12.7. The van der Waals surface area contributed by atoms with E-state index in [4.69, 9.17) is 23.2 Å². The van der Waals surface area contributed by atoms with E-state index in [1.807, 2.05) is 64.1 Å². The molecule has 0 fully saturated rings. The summed E-state index contributed by atoms with van der Waals surface area (Å²) in [6, 6.07) is 26.6. The van der Waals surface area contributed by atoms with Gasteiger partial charge in [-0.25, -0.2) is 8.42 Å². The van der Waals surface area contributed by atoms with Crippen LogP contribution in [-0.2, 0) is 32.6 Å². The van der Waals surface area contributed by atoms with Crippen molar-refractivity contribution in [3.63, 3.8) is 0 Å². The summed E-state index contributed by atoms with van der Waals surface area (Å²) in [7, 11) is -4.19. The highest BCUT2D eigenvalue weighted by Gasteiger charge is 2.35. The van der Waals surface area contributed by atoms with Gasteiger partial charge in [0.25, 0.3) is 10.0 Å². The average Bonchev–Trinajstić information content (AvgIpc) is 3.04. The third kappa shape index (κ3) is 8.49. The standard InChI is InChI=1S/C36H39Cl2N3O4S/c1-5-26(3)39-36(43)34(21-28-14-8-6-9-15-28)40(23-29-19-20-30(37)22-32(29)38)35(42)24-41(33-18-12-13-25(2)27(33)4)46(44,45)31-16-10-7-11-17-31/h6-20,22,26,34H,5,21,23-24H2,1-4H3,(H,39,43)/t26-,34-/m1/s1. The molecule has 2 amide bonds. The van der Waals surface area contributed by atoms with E-state index in [-0.39, 0.29) is 29.8 Å². The number of anilines is 1. The molecule has 2 atom stereocenters. The summed E-state index contributed by atoms with van der Waals surface area (Å²) in [5.41, 5.74) is 3.38. The first-order valence-corrected chi connectivity index (χ1v) is 17.3. The lowest BCUT2D eigenvalue weighted by Crippen LogP contribution is -2.54. The van der Waals surface area contributed by atoms with Gasteiger partial charge in [-0.15, -0.1) is 0 Å². The second-order valence-electron chi connectivity index (χ2n) is 11.3. The smallest absolute Gasteiger partial charge is 0.264 e. The van der Waals surface area contributed by atoms with Gasteiger partial charge < -0.3 is 10.2 Å². The highest BCUT2D eigenvalue weighted by molar-refractivity contribution is 7.92. The Morgan fingerprint density at radius 3 is 2.15 bits per heavy atom. The van der Waals surface area contributed by atoms with E-state index in [0.29, 0.717) is 27.7 Å². The molecular weight excluding hydrogens is 641 g/mol.